The van der Waals surface area contributed by atoms with Crippen LogP contribution in [-0.4, -0.2) is 17.6 Å². The van der Waals surface area contributed by atoms with Crippen LogP contribution in [0.1, 0.15) is 41.7 Å². The van der Waals surface area contributed by atoms with Gasteiger partial charge in [0.05, 0.1) is 6.61 Å². The summed E-state index contributed by atoms with van der Waals surface area (Å²) in [7, 11) is 0. The van der Waals surface area contributed by atoms with Crippen LogP contribution in [0.5, 0.6) is 0 Å². The van der Waals surface area contributed by atoms with Crippen LogP contribution in [0.3, 0.4) is 0 Å². The summed E-state index contributed by atoms with van der Waals surface area (Å²) >= 11 is 1.49. The number of hydrogen-bond donors (Lipinski definition) is 0. The maximum Gasteiger partial charge on any atom is 0.357 e. The Hall–Kier alpha value is -1.68. The summed E-state index contributed by atoms with van der Waals surface area (Å²) in [6.07, 6.45) is 2.57. The Balaban J connectivity index is 1.85. The molecule has 3 nitrogen and oxygen atoms in total. The third kappa shape index (κ3) is 2.68. The normalized spacial score (nSPS) is 14.4. The third-order valence-electron chi connectivity index (χ3n) is 3.17. The van der Waals surface area contributed by atoms with E-state index in [1.807, 2.05) is 6.07 Å². The molecule has 0 N–H and O–H groups in total. The number of hydrogen-bond acceptors (Lipinski definition) is 4. The zero-order chi connectivity index (χ0) is 13.2. The second-order valence-electron chi connectivity index (χ2n) is 4.66. The Bertz CT molecular complexity index is 602. The molecular weight excluding hydrogens is 258 g/mol. The molecule has 98 valence electrons. The van der Waals surface area contributed by atoms with Gasteiger partial charge in [0.1, 0.15) is 5.01 Å². The fraction of sp³-hybridized carbons (Fsp3) is 0.333. The predicted molar refractivity (Wildman–Crippen MR) is 75.5 cm³/mol. The minimum atomic E-state index is -0.344. The van der Waals surface area contributed by atoms with Gasteiger partial charge < -0.3 is 4.74 Å². The average molecular weight is 273 g/mol. The summed E-state index contributed by atoms with van der Waals surface area (Å²) < 4.78 is 4.95. The van der Waals surface area contributed by atoms with Crippen LogP contribution in [0, 0.1) is 0 Å². The van der Waals surface area contributed by atoms with Crippen LogP contribution < -0.4 is 0 Å². The summed E-state index contributed by atoms with van der Waals surface area (Å²) in [4.78, 5) is 16.0. The van der Waals surface area contributed by atoms with Crippen LogP contribution >= 0.6 is 11.3 Å². The molecule has 1 saturated carbocycles. The number of esters is 1. The number of rotatable bonds is 4. The molecule has 0 radical (unpaired) electrons. The summed E-state index contributed by atoms with van der Waals surface area (Å²) in [6, 6.07) is 8.46. The maximum atomic E-state index is 11.6. The van der Waals surface area contributed by atoms with Crippen molar-refractivity contribution >= 4 is 17.3 Å². The van der Waals surface area contributed by atoms with Crippen LogP contribution in [0.15, 0.2) is 29.6 Å². The Morgan fingerprint density at radius 3 is 3.05 bits per heavy atom. The van der Waals surface area contributed by atoms with Gasteiger partial charge in [-0.15, -0.1) is 11.3 Å². The Labute approximate surface area is 116 Å². The number of aromatic nitrogens is 1. The second-order valence-corrected chi connectivity index (χ2v) is 5.52. The van der Waals surface area contributed by atoms with Crippen molar-refractivity contribution in [2.75, 3.05) is 6.61 Å². The lowest BCUT2D eigenvalue weighted by atomic mass is 10.1. The molecule has 1 aliphatic rings. The first-order valence-corrected chi connectivity index (χ1v) is 7.39. The lowest BCUT2D eigenvalue weighted by molar-refractivity contribution is 0.0520. The largest absolute Gasteiger partial charge is 0.461 e. The molecule has 1 aliphatic carbocycles. The summed E-state index contributed by atoms with van der Waals surface area (Å²) in [5.41, 5.74) is 2.87. The third-order valence-corrected chi connectivity index (χ3v) is 4.06. The molecule has 1 fully saturated rings. The lowest BCUT2D eigenvalue weighted by Gasteiger charge is -2.01. The van der Waals surface area contributed by atoms with Crippen molar-refractivity contribution < 1.29 is 9.53 Å². The number of carbonyl (C=O) groups excluding carboxylic acids is 1. The van der Waals surface area contributed by atoms with Crippen LogP contribution in [0.4, 0.5) is 0 Å². The van der Waals surface area contributed by atoms with Gasteiger partial charge in [0.2, 0.25) is 0 Å². The predicted octanol–water partition coefficient (Wildman–Crippen LogP) is 3.86. The van der Waals surface area contributed by atoms with Crippen molar-refractivity contribution in [3.05, 3.63) is 40.9 Å². The minimum absolute atomic E-state index is 0.344. The molecule has 0 aliphatic heterocycles. The van der Waals surface area contributed by atoms with Gasteiger partial charge in [-0.3, -0.25) is 0 Å². The quantitative estimate of drug-likeness (QED) is 0.794. The highest BCUT2D eigenvalue weighted by atomic mass is 32.1. The van der Waals surface area contributed by atoms with Gasteiger partial charge >= 0.3 is 5.97 Å². The number of carbonyl (C=O) groups is 1. The molecule has 0 spiro atoms. The van der Waals surface area contributed by atoms with Gasteiger partial charge in [0.25, 0.3) is 0 Å². The number of nitrogens with zero attached hydrogens (tertiary/aromatic N) is 1. The Kier molecular flexibility index (Phi) is 3.34. The van der Waals surface area contributed by atoms with E-state index < -0.39 is 0 Å². The zero-order valence-electron chi connectivity index (χ0n) is 10.8. The second kappa shape index (κ2) is 5.13. The van der Waals surface area contributed by atoms with E-state index >= 15 is 0 Å². The molecule has 19 heavy (non-hydrogen) atoms. The maximum absolute atomic E-state index is 11.6. The number of thiazole rings is 1. The lowest BCUT2D eigenvalue weighted by Crippen LogP contribution is -2.04. The van der Waals surface area contributed by atoms with Crippen LogP contribution in [0.25, 0.3) is 10.6 Å². The molecule has 0 unspecified atom stereocenters. The molecule has 1 aromatic heterocycles. The molecule has 1 heterocycles. The van der Waals surface area contributed by atoms with Crippen molar-refractivity contribution in [3.8, 4) is 10.6 Å². The number of ether oxygens (including phenoxy) is 1. The first-order valence-electron chi connectivity index (χ1n) is 6.51. The van der Waals surface area contributed by atoms with E-state index in [-0.39, 0.29) is 5.97 Å². The molecular formula is C15H15NO2S. The molecule has 3 rings (SSSR count). The molecule has 0 saturated heterocycles. The molecule has 4 heteroatoms. The first-order chi connectivity index (χ1) is 9.28. The van der Waals surface area contributed by atoms with E-state index in [0.717, 1.165) is 16.5 Å². The zero-order valence-corrected chi connectivity index (χ0v) is 11.6. The topological polar surface area (TPSA) is 39.2 Å². The molecule has 0 amide bonds. The standard InChI is InChI=1S/C15H15NO2S/c1-2-18-15(17)13-9-19-14(16-13)12-5-3-4-11(8-12)10-6-7-10/h3-5,8-10H,2,6-7H2,1H3. The summed E-state index contributed by atoms with van der Waals surface area (Å²) in [6.45, 7) is 2.17. The highest BCUT2D eigenvalue weighted by Crippen LogP contribution is 2.41. The van der Waals surface area contributed by atoms with Crippen molar-refractivity contribution in [3.63, 3.8) is 0 Å². The van der Waals surface area contributed by atoms with Gasteiger partial charge in [-0.2, -0.15) is 0 Å². The fourth-order valence-corrected chi connectivity index (χ4v) is 2.83. The van der Waals surface area contributed by atoms with E-state index in [1.165, 1.54) is 29.7 Å². The molecule has 2 aromatic rings. The van der Waals surface area contributed by atoms with Crippen molar-refractivity contribution in [2.45, 2.75) is 25.7 Å². The highest BCUT2D eigenvalue weighted by molar-refractivity contribution is 7.13. The average Bonchev–Trinajstić information content (AvgIpc) is 3.16. The molecule has 0 atom stereocenters. The highest BCUT2D eigenvalue weighted by Gasteiger charge is 2.23. The van der Waals surface area contributed by atoms with Gasteiger partial charge in [-0.05, 0) is 37.3 Å². The Morgan fingerprint density at radius 2 is 2.32 bits per heavy atom. The summed E-state index contributed by atoms with van der Waals surface area (Å²) in [5.74, 6) is 0.382. The van der Waals surface area contributed by atoms with E-state index in [9.17, 15) is 4.79 Å². The van der Waals surface area contributed by atoms with Crippen LogP contribution in [-0.2, 0) is 4.74 Å². The summed E-state index contributed by atoms with van der Waals surface area (Å²) in [5, 5.41) is 2.64. The monoisotopic (exact) mass is 273 g/mol. The van der Waals surface area contributed by atoms with Crippen LogP contribution in [0.2, 0.25) is 0 Å². The van der Waals surface area contributed by atoms with E-state index in [2.05, 4.69) is 23.2 Å². The van der Waals surface area contributed by atoms with Crippen molar-refractivity contribution in [2.24, 2.45) is 0 Å². The van der Waals surface area contributed by atoms with E-state index in [4.69, 9.17) is 4.74 Å². The van der Waals surface area contributed by atoms with Crippen molar-refractivity contribution in [1.82, 2.24) is 4.98 Å². The van der Waals surface area contributed by atoms with Crippen molar-refractivity contribution in [1.29, 1.82) is 0 Å². The SMILES string of the molecule is CCOC(=O)c1csc(-c2cccc(C3CC3)c2)n1. The fourth-order valence-electron chi connectivity index (χ4n) is 2.05. The molecule has 1 aromatic carbocycles. The van der Waals surface area contributed by atoms with Gasteiger partial charge in [-0.1, -0.05) is 18.2 Å². The minimum Gasteiger partial charge on any atom is -0.461 e. The van der Waals surface area contributed by atoms with Gasteiger partial charge in [-0.25, -0.2) is 9.78 Å². The Morgan fingerprint density at radius 1 is 1.47 bits per heavy atom. The molecule has 0 bridgehead atoms. The van der Waals surface area contributed by atoms with E-state index in [0.29, 0.717) is 12.3 Å². The number of benzene rings is 1. The first kappa shape index (κ1) is 12.4. The van der Waals surface area contributed by atoms with Gasteiger partial charge in [0.15, 0.2) is 5.69 Å². The smallest absolute Gasteiger partial charge is 0.357 e. The van der Waals surface area contributed by atoms with Gasteiger partial charge in [0, 0.05) is 10.9 Å². The van der Waals surface area contributed by atoms with E-state index in [1.54, 1.807) is 12.3 Å².